The molecule has 1 fully saturated rings. The third kappa shape index (κ3) is 6.93. The fourth-order valence-electron chi connectivity index (χ4n) is 5.84. The number of carbonyl (C=O) groups is 2. The zero-order chi connectivity index (χ0) is 32.0. The van der Waals surface area contributed by atoms with Crippen molar-refractivity contribution in [2.45, 2.75) is 63.1 Å². The predicted octanol–water partition coefficient (Wildman–Crippen LogP) is 4.54. The van der Waals surface area contributed by atoms with Crippen LogP contribution in [-0.2, 0) is 30.0 Å². The molecular weight excluding hydrogens is 588 g/mol. The molecule has 2 N–H and O–H groups in total. The Balaban J connectivity index is 1.64. The van der Waals surface area contributed by atoms with Crippen LogP contribution < -0.4 is 10.4 Å². The van der Waals surface area contributed by atoms with E-state index in [2.05, 4.69) is 20.8 Å². The molecule has 0 aliphatic carbocycles. The average molecular weight is 627 g/mol. The van der Waals surface area contributed by atoms with Gasteiger partial charge in [-0.05, 0) is 33.1 Å². The van der Waals surface area contributed by atoms with E-state index in [4.69, 9.17) is 18.6 Å². The normalized spacial score (nSPS) is 22.0. The van der Waals surface area contributed by atoms with Crippen LogP contribution in [-0.4, -0.2) is 61.2 Å². The van der Waals surface area contributed by atoms with Crippen LogP contribution in [0.25, 0.3) is 0 Å². The van der Waals surface area contributed by atoms with Crippen LogP contribution in [0.5, 0.6) is 0 Å². The summed E-state index contributed by atoms with van der Waals surface area (Å²) in [5.41, 5.74) is 1.07. The number of aliphatic carboxylic acids is 1. The van der Waals surface area contributed by atoms with E-state index < -0.39 is 56.0 Å². The highest BCUT2D eigenvalue weighted by Crippen LogP contribution is 2.40. The second-order valence-electron chi connectivity index (χ2n) is 12.0. The SMILES string of the molecule is CC(C)(C)[Si](O[C@@H]1O[C@H](C(=O)O)[C@@H](O)[C@H](OCc2ccccc2)[C@H]1OC(=O)c1ccccc1)(c1ccccc1)c1ccccc1. The summed E-state index contributed by atoms with van der Waals surface area (Å²) in [6, 6.07) is 37.2. The number of esters is 1. The molecule has 4 aromatic rings. The van der Waals surface area contributed by atoms with Gasteiger partial charge in [-0.1, -0.05) is 130 Å². The summed E-state index contributed by atoms with van der Waals surface area (Å²) in [4.78, 5) is 26.0. The average Bonchev–Trinajstić information content (AvgIpc) is 3.05. The monoisotopic (exact) mass is 626 g/mol. The fraction of sp³-hybridized carbons (Fsp3) is 0.278. The Hall–Kier alpha value is -4.12. The third-order valence-corrected chi connectivity index (χ3v) is 13.0. The van der Waals surface area contributed by atoms with Gasteiger partial charge < -0.3 is 28.8 Å². The van der Waals surface area contributed by atoms with Gasteiger partial charge in [0.2, 0.25) is 0 Å². The van der Waals surface area contributed by atoms with E-state index in [1.807, 2.05) is 91.0 Å². The van der Waals surface area contributed by atoms with Crippen LogP contribution in [0.4, 0.5) is 0 Å². The lowest BCUT2D eigenvalue weighted by molar-refractivity contribution is -0.282. The lowest BCUT2D eigenvalue weighted by atomic mass is 9.98. The first-order chi connectivity index (χ1) is 21.6. The zero-order valence-corrected chi connectivity index (χ0v) is 26.5. The maximum atomic E-state index is 13.5. The van der Waals surface area contributed by atoms with Gasteiger partial charge in [0.05, 0.1) is 12.2 Å². The Morgan fingerprint density at radius 2 is 1.24 bits per heavy atom. The molecule has 1 saturated heterocycles. The number of aliphatic hydroxyl groups excluding tert-OH is 1. The van der Waals surface area contributed by atoms with Gasteiger partial charge in [-0.2, -0.15) is 0 Å². The summed E-state index contributed by atoms with van der Waals surface area (Å²) < 4.78 is 25.5. The van der Waals surface area contributed by atoms with Crippen molar-refractivity contribution in [2.75, 3.05) is 0 Å². The molecule has 1 aliphatic heterocycles. The molecule has 5 atom stereocenters. The summed E-state index contributed by atoms with van der Waals surface area (Å²) in [5, 5.41) is 22.9. The topological polar surface area (TPSA) is 112 Å². The number of rotatable bonds is 10. The Bertz CT molecular complexity index is 1500. The summed E-state index contributed by atoms with van der Waals surface area (Å²) in [6.45, 7) is 6.24. The van der Waals surface area contributed by atoms with Gasteiger partial charge >= 0.3 is 11.9 Å². The summed E-state index contributed by atoms with van der Waals surface area (Å²) >= 11 is 0. The van der Waals surface area contributed by atoms with Crippen LogP contribution in [0, 0.1) is 0 Å². The highest BCUT2D eigenvalue weighted by molar-refractivity contribution is 6.99. The molecule has 5 rings (SSSR count). The van der Waals surface area contributed by atoms with Gasteiger partial charge in [-0.3, -0.25) is 0 Å². The van der Waals surface area contributed by atoms with Crippen molar-refractivity contribution in [3.8, 4) is 0 Å². The van der Waals surface area contributed by atoms with E-state index in [0.29, 0.717) is 0 Å². The van der Waals surface area contributed by atoms with Crippen molar-refractivity contribution in [3.05, 3.63) is 132 Å². The van der Waals surface area contributed by atoms with Crippen molar-refractivity contribution in [2.24, 2.45) is 0 Å². The van der Waals surface area contributed by atoms with Crippen molar-refractivity contribution in [1.82, 2.24) is 0 Å². The summed E-state index contributed by atoms with van der Waals surface area (Å²) in [5.74, 6) is -2.07. The van der Waals surface area contributed by atoms with Crippen molar-refractivity contribution in [3.63, 3.8) is 0 Å². The van der Waals surface area contributed by atoms with Gasteiger partial charge in [-0.15, -0.1) is 0 Å². The molecule has 0 amide bonds. The quantitative estimate of drug-likeness (QED) is 0.195. The van der Waals surface area contributed by atoms with E-state index in [9.17, 15) is 19.8 Å². The number of hydrogen-bond donors (Lipinski definition) is 2. The lowest BCUT2D eigenvalue weighted by Crippen LogP contribution is -2.71. The molecule has 0 aromatic heterocycles. The molecule has 1 heterocycles. The van der Waals surface area contributed by atoms with E-state index in [1.54, 1.807) is 30.3 Å². The van der Waals surface area contributed by atoms with Crippen molar-refractivity contribution in [1.29, 1.82) is 0 Å². The summed E-state index contributed by atoms with van der Waals surface area (Å²) in [6.07, 6.45) is -7.40. The Morgan fingerprint density at radius 1 is 0.756 bits per heavy atom. The highest BCUT2D eigenvalue weighted by Gasteiger charge is 2.58. The number of carbonyl (C=O) groups excluding carboxylic acids is 1. The molecule has 0 spiro atoms. The standard InChI is InChI=1S/C36H38O8Si/c1-36(2,3)45(27-20-12-6-13-21-27,28-22-14-7-15-23-28)44-35-32(42-34(40)26-18-10-5-11-19-26)30(29(37)31(43-35)33(38)39)41-24-25-16-8-4-9-17-25/h4-23,29-32,35,37H,24H2,1-3H3,(H,38,39)/t29-,30-,31-,32+,35-/m0/s1. The minimum absolute atomic E-state index is 0.0280. The Labute approximate surface area is 264 Å². The van der Waals surface area contributed by atoms with E-state index >= 15 is 0 Å². The van der Waals surface area contributed by atoms with Crippen LogP contribution in [0.2, 0.25) is 5.04 Å². The Morgan fingerprint density at radius 3 is 1.73 bits per heavy atom. The molecule has 45 heavy (non-hydrogen) atoms. The lowest BCUT2D eigenvalue weighted by Gasteiger charge is -2.49. The molecule has 0 bridgehead atoms. The van der Waals surface area contributed by atoms with Gasteiger partial charge in [-0.25, -0.2) is 9.59 Å². The first-order valence-corrected chi connectivity index (χ1v) is 16.8. The first kappa shape index (κ1) is 32.3. The highest BCUT2D eigenvalue weighted by atomic mass is 28.4. The van der Waals surface area contributed by atoms with E-state index in [-0.39, 0.29) is 12.2 Å². The van der Waals surface area contributed by atoms with Gasteiger partial charge in [0.15, 0.2) is 18.5 Å². The zero-order valence-electron chi connectivity index (χ0n) is 25.5. The second kappa shape index (κ2) is 13.9. The summed E-state index contributed by atoms with van der Waals surface area (Å²) in [7, 11) is -3.36. The molecule has 1 aliphatic rings. The molecular formula is C36H38O8Si. The number of carboxylic acid groups (broad SMARTS) is 1. The number of ether oxygens (including phenoxy) is 3. The Kier molecular flexibility index (Phi) is 9.96. The number of aliphatic hydroxyl groups is 1. The first-order valence-electron chi connectivity index (χ1n) is 14.9. The van der Waals surface area contributed by atoms with Crippen LogP contribution in [0.15, 0.2) is 121 Å². The predicted molar refractivity (Wildman–Crippen MR) is 172 cm³/mol. The van der Waals surface area contributed by atoms with E-state index in [0.717, 1.165) is 15.9 Å². The van der Waals surface area contributed by atoms with Crippen LogP contribution in [0.3, 0.4) is 0 Å². The number of hydrogen-bond acceptors (Lipinski definition) is 7. The van der Waals surface area contributed by atoms with Crippen LogP contribution >= 0.6 is 0 Å². The molecule has 0 radical (unpaired) electrons. The molecule has 0 unspecified atom stereocenters. The van der Waals surface area contributed by atoms with Crippen LogP contribution in [0.1, 0.15) is 36.7 Å². The van der Waals surface area contributed by atoms with Crippen molar-refractivity contribution < 1.29 is 38.4 Å². The smallest absolute Gasteiger partial charge is 0.338 e. The van der Waals surface area contributed by atoms with E-state index in [1.165, 1.54) is 0 Å². The molecule has 4 aromatic carbocycles. The minimum Gasteiger partial charge on any atom is -0.479 e. The molecule has 8 nitrogen and oxygen atoms in total. The van der Waals surface area contributed by atoms with Crippen molar-refractivity contribution >= 4 is 30.6 Å². The second-order valence-corrected chi connectivity index (χ2v) is 16.3. The largest absolute Gasteiger partial charge is 0.479 e. The van der Waals surface area contributed by atoms with Gasteiger partial charge in [0.1, 0.15) is 12.2 Å². The third-order valence-electron chi connectivity index (χ3n) is 8.01. The maximum absolute atomic E-state index is 13.5. The number of benzene rings is 4. The van der Waals surface area contributed by atoms with Gasteiger partial charge in [0.25, 0.3) is 8.32 Å². The van der Waals surface area contributed by atoms with Gasteiger partial charge in [0, 0.05) is 0 Å². The molecule has 9 heteroatoms. The number of carboxylic acids is 1. The molecule has 234 valence electrons. The molecule has 0 saturated carbocycles. The minimum atomic E-state index is -3.36. The fourth-order valence-corrected chi connectivity index (χ4v) is 10.4. The maximum Gasteiger partial charge on any atom is 0.338 e.